The molecule has 1 heterocycles. The van der Waals surface area contributed by atoms with Gasteiger partial charge in [-0.2, -0.15) is 0 Å². The number of hydrogen-bond acceptors (Lipinski definition) is 3. The highest BCUT2D eigenvalue weighted by molar-refractivity contribution is 7.89. The van der Waals surface area contributed by atoms with Gasteiger partial charge in [-0.15, -0.1) is 0 Å². The molecule has 0 radical (unpaired) electrons. The first-order chi connectivity index (χ1) is 11.0. The SMILES string of the molecule is CNS(=O)(=O)c1ccc(C2=C(c3ccc(C)nc3)CCC2)cc1. The first-order valence-electron chi connectivity index (χ1n) is 7.70. The van der Waals surface area contributed by atoms with Gasteiger partial charge in [0, 0.05) is 11.9 Å². The minimum atomic E-state index is -3.38. The van der Waals surface area contributed by atoms with Crippen molar-refractivity contribution in [3.8, 4) is 0 Å². The lowest BCUT2D eigenvalue weighted by molar-refractivity contribution is 0.588. The van der Waals surface area contributed by atoms with E-state index in [4.69, 9.17) is 0 Å². The average molecular weight is 328 g/mol. The van der Waals surface area contributed by atoms with Crippen LogP contribution in [0.15, 0.2) is 47.5 Å². The molecule has 5 heteroatoms. The Morgan fingerprint density at radius 1 is 0.957 bits per heavy atom. The van der Waals surface area contributed by atoms with Crippen molar-refractivity contribution in [1.82, 2.24) is 9.71 Å². The number of aromatic nitrogens is 1. The molecule has 2 aromatic rings. The summed E-state index contributed by atoms with van der Waals surface area (Å²) in [5.41, 5.74) is 5.88. The van der Waals surface area contributed by atoms with Crippen LogP contribution in [0.5, 0.6) is 0 Å². The van der Waals surface area contributed by atoms with Crippen LogP contribution in [0.4, 0.5) is 0 Å². The summed E-state index contributed by atoms with van der Waals surface area (Å²) in [5.74, 6) is 0. The summed E-state index contributed by atoms with van der Waals surface area (Å²) < 4.78 is 26.0. The van der Waals surface area contributed by atoms with E-state index in [-0.39, 0.29) is 0 Å². The lowest BCUT2D eigenvalue weighted by Crippen LogP contribution is -2.18. The minimum absolute atomic E-state index is 0.292. The maximum atomic E-state index is 11.8. The highest BCUT2D eigenvalue weighted by atomic mass is 32.2. The molecule has 0 bridgehead atoms. The third kappa shape index (κ3) is 3.21. The van der Waals surface area contributed by atoms with Crippen LogP contribution in [0.3, 0.4) is 0 Å². The van der Waals surface area contributed by atoms with Crippen LogP contribution in [0.1, 0.15) is 36.1 Å². The minimum Gasteiger partial charge on any atom is -0.261 e. The smallest absolute Gasteiger partial charge is 0.240 e. The van der Waals surface area contributed by atoms with Gasteiger partial charge in [0.15, 0.2) is 0 Å². The van der Waals surface area contributed by atoms with Crippen molar-refractivity contribution in [3.63, 3.8) is 0 Å². The van der Waals surface area contributed by atoms with E-state index in [1.54, 1.807) is 12.1 Å². The summed E-state index contributed by atoms with van der Waals surface area (Å²) in [6, 6.07) is 11.3. The number of hydrogen-bond donors (Lipinski definition) is 1. The monoisotopic (exact) mass is 328 g/mol. The fourth-order valence-corrected chi connectivity index (χ4v) is 3.71. The number of rotatable bonds is 4. The predicted octanol–water partition coefficient (Wildman–Crippen LogP) is 3.39. The van der Waals surface area contributed by atoms with Crippen LogP contribution in [-0.4, -0.2) is 20.4 Å². The van der Waals surface area contributed by atoms with Gasteiger partial charge < -0.3 is 0 Å². The number of sulfonamides is 1. The molecule has 1 aromatic heterocycles. The molecule has 1 aromatic carbocycles. The zero-order valence-corrected chi connectivity index (χ0v) is 14.2. The van der Waals surface area contributed by atoms with Crippen LogP contribution in [0.2, 0.25) is 0 Å². The molecule has 0 saturated carbocycles. The molecule has 1 aliphatic rings. The van der Waals surface area contributed by atoms with Crippen molar-refractivity contribution in [1.29, 1.82) is 0 Å². The summed E-state index contributed by atoms with van der Waals surface area (Å²) in [6.45, 7) is 1.98. The Bertz CT molecular complexity index is 836. The summed E-state index contributed by atoms with van der Waals surface area (Å²) in [5, 5.41) is 0. The molecule has 0 fully saturated rings. The van der Waals surface area contributed by atoms with Gasteiger partial charge in [-0.3, -0.25) is 4.98 Å². The average Bonchev–Trinajstić information content (AvgIpc) is 3.05. The lowest BCUT2D eigenvalue weighted by atomic mass is 9.98. The first-order valence-corrected chi connectivity index (χ1v) is 9.18. The van der Waals surface area contributed by atoms with Gasteiger partial charge in [-0.1, -0.05) is 18.2 Å². The second-order valence-corrected chi connectivity index (χ2v) is 7.62. The van der Waals surface area contributed by atoms with Crippen molar-refractivity contribution < 1.29 is 8.42 Å². The van der Waals surface area contributed by atoms with Gasteiger partial charge in [0.2, 0.25) is 10.0 Å². The Hall–Kier alpha value is -1.98. The zero-order valence-electron chi connectivity index (χ0n) is 13.3. The Balaban J connectivity index is 1.99. The van der Waals surface area contributed by atoms with E-state index in [2.05, 4.69) is 15.8 Å². The second kappa shape index (κ2) is 6.26. The maximum absolute atomic E-state index is 11.8. The lowest BCUT2D eigenvalue weighted by Gasteiger charge is -2.09. The molecule has 23 heavy (non-hydrogen) atoms. The third-order valence-electron chi connectivity index (χ3n) is 4.26. The molecule has 3 rings (SSSR count). The Morgan fingerprint density at radius 2 is 1.57 bits per heavy atom. The Morgan fingerprint density at radius 3 is 2.13 bits per heavy atom. The highest BCUT2D eigenvalue weighted by Gasteiger charge is 2.19. The zero-order chi connectivity index (χ0) is 16.4. The van der Waals surface area contributed by atoms with E-state index >= 15 is 0 Å². The van der Waals surface area contributed by atoms with Gasteiger partial charge in [-0.25, -0.2) is 13.1 Å². The molecular weight excluding hydrogens is 308 g/mol. The molecule has 0 atom stereocenters. The Kier molecular flexibility index (Phi) is 4.33. The summed E-state index contributed by atoms with van der Waals surface area (Å²) in [4.78, 5) is 4.68. The van der Waals surface area contributed by atoms with Crippen molar-refractivity contribution in [2.75, 3.05) is 7.05 Å². The molecular formula is C18H20N2O2S. The molecule has 1 aliphatic carbocycles. The number of allylic oxidation sites excluding steroid dienone is 2. The van der Waals surface area contributed by atoms with Crippen molar-refractivity contribution in [2.45, 2.75) is 31.1 Å². The normalized spacial score (nSPS) is 15.2. The van der Waals surface area contributed by atoms with E-state index in [0.717, 1.165) is 36.1 Å². The van der Waals surface area contributed by atoms with Gasteiger partial charge >= 0.3 is 0 Å². The highest BCUT2D eigenvalue weighted by Crippen LogP contribution is 2.39. The van der Waals surface area contributed by atoms with Crippen molar-refractivity contribution >= 4 is 21.2 Å². The first kappa shape index (κ1) is 15.9. The molecule has 4 nitrogen and oxygen atoms in total. The summed E-state index contributed by atoms with van der Waals surface area (Å²) >= 11 is 0. The van der Waals surface area contributed by atoms with E-state index in [1.807, 2.05) is 31.3 Å². The summed E-state index contributed by atoms with van der Waals surface area (Å²) in [7, 11) is -1.96. The molecule has 0 spiro atoms. The second-order valence-electron chi connectivity index (χ2n) is 5.73. The van der Waals surface area contributed by atoms with Gasteiger partial charge in [-0.05, 0) is 73.7 Å². The fourth-order valence-electron chi connectivity index (χ4n) is 2.98. The van der Waals surface area contributed by atoms with Gasteiger partial charge in [0.25, 0.3) is 0 Å². The van der Waals surface area contributed by atoms with Crippen LogP contribution in [0, 0.1) is 6.92 Å². The Labute approximate surface area is 137 Å². The maximum Gasteiger partial charge on any atom is 0.240 e. The largest absolute Gasteiger partial charge is 0.261 e. The number of pyridine rings is 1. The van der Waals surface area contributed by atoms with E-state index in [9.17, 15) is 8.42 Å². The predicted molar refractivity (Wildman–Crippen MR) is 92.3 cm³/mol. The molecule has 0 saturated heterocycles. The molecule has 0 amide bonds. The number of benzene rings is 1. The van der Waals surface area contributed by atoms with E-state index < -0.39 is 10.0 Å². The quantitative estimate of drug-likeness (QED) is 0.936. The van der Waals surface area contributed by atoms with Gasteiger partial charge in [0.1, 0.15) is 0 Å². The molecule has 120 valence electrons. The third-order valence-corrected chi connectivity index (χ3v) is 5.69. The number of nitrogens with zero attached hydrogens (tertiary/aromatic N) is 1. The number of nitrogens with one attached hydrogen (secondary N) is 1. The standard InChI is InChI=1S/C18H20N2O2S/c1-13-6-7-15(12-20-13)18-5-3-4-17(18)14-8-10-16(11-9-14)23(21,22)19-2/h6-12,19H,3-5H2,1-2H3. The topological polar surface area (TPSA) is 59.1 Å². The summed E-state index contributed by atoms with van der Waals surface area (Å²) in [6.07, 6.45) is 5.10. The van der Waals surface area contributed by atoms with Crippen LogP contribution in [-0.2, 0) is 10.0 Å². The van der Waals surface area contributed by atoms with Gasteiger partial charge in [0.05, 0.1) is 4.90 Å². The van der Waals surface area contributed by atoms with E-state index in [1.165, 1.54) is 18.2 Å². The van der Waals surface area contributed by atoms with Crippen molar-refractivity contribution in [2.24, 2.45) is 0 Å². The van der Waals surface area contributed by atoms with Crippen molar-refractivity contribution in [3.05, 3.63) is 59.4 Å². The molecule has 0 unspecified atom stereocenters. The van der Waals surface area contributed by atoms with Crippen LogP contribution < -0.4 is 4.72 Å². The van der Waals surface area contributed by atoms with E-state index in [0.29, 0.717) is 4.90 Å². The van der Waals surface area contributed by atoms with Crippen LogP contribution >= 0.6 is 0 Å². The molecule has 0 aliphatic heterocycles. The molecule has 1 N–H and O–H groups in total. The van der Waals surface area contributed by atoms with Crippen LogP contribution in [0.25, 0.3) is 11.1 Å². The number of aryl methyl sites for hydroxylation is 1. The fraction of sp³-hybridized carbons (Fsp3) is 0.278.